The smallest absolute Gasteiger partial charge is 0.201 e. The van der Waals surface area contributed by atoms with Gasteiger partial charge in [-0.05, 0) is 17.7 Å². The van der Waals surface area contributed by atoms with Crippen LogP contribution in [0.15, 0.2) is 6.07 Å². The number of fused-ring (bicyclic) bond motifs is 1. The van der Waals surface area contributed by atoms with E-state index in [0.717, 1.165) is 11.1 Å². The highest BCUT2D eigenvalue weighted by molar-refractivity contribution is 5.91. The molecule has 0 spiro atoms. The average Bonchev–Trinajstić information content (AvgIpc) is 2.11. The number of rotatable bonds is 2. The van der Waals surface area contributed by atoms with Gasteiger partial charge in [-0.15, -0.1) is 0 Å². The van der Waals surface area contributed by atoms with Crippen molar-refractivity contribution in [1.29, 1.82) is 0 Å². The summed E-state index contributed by atoms with van der Waals surface area (Å²) in [5.74, 6) is 0.991. The first-order chi connectivity index (χ1) is 6.27. The van der Waals surface area contributed by atoms with Crippen molar-refractivity contribution in [2.75, 3.05) is 14.2 Å². The van der Waals surface area contributed by atoms with Gasteiger partial charge in [0.05, 0.1) is 14.2 Å². The Morgan fingerprint density at radius 2 is 1.92 bits per heavy atom. The minimum Gasteiger partial charge on any atom is -0.502 e. The molecule has 0 aromatic heterocycles. The van der Waals surface area contributed by atoms with Crippen molar-refractivity contribution in [3.8, 4) is 17.2 Å². The second kappa shape index (κ2) is 2.69. The molecule has 0 aliphatic heterocycles. The van der Waals surface area contributed by atoms with Gasteiger partial charge >= 0.3 is 0 Å². The number of aromatic hydroxyl groups is 1. The molecule has 68 valence electrons. The minimum atomic E-state index is 0.0631. The summed E-state index contributed by atoms with van der Waals surface area (Å²) in [7, 11) is 3.05. The van der Waals surface area contributed by atoms with Crippen LogP contribution in [-0.2, 0) is 0 Å². The molecule has 0 atom stereocenters. The molecule has 0 fully saturated rings. The fourth-order valence-electron chi connectivity index (χ4n) is 1.41. The van der Waals surface area contributed by atoms with E-state index in [1.54, 1.807) is 6.07 Å². The highest BCUT2D eigenvalue weighted by Gasteiger charge is 2.19. The predicted octanol–water partition coefficient (Wildman–Crippen LogP) is 1.89. The van der Waals surface area contributed by atoms with E-state index >= 15 is 0 Å². The number of ether oxygens (including phenoxy) is 2. The minimum absolute atomic E-state index is 0.0631. The Bertz CT molecular complexity index is 380. The standard InChI is InChI=1S/C10H10O3/c1-12-8-5-6-3-4-7(6)10(13-2)9(8)11/h3-5,11H,1-2H3. The number of benzene rings is 1. The van der Waals surface area contributed by atoms with Crippen LogP contribution < -0.4 is 9.47 Å². The zero-order chi connectivity index (χ0) is 9.42. The lowest BCUT2D eigenvalue weighted by Gasteiger charge is -2.18. The molecule has 1 aliphatic carbocycles. The molecule has 0 amide bonds. The summed E-state index contributed by atoms with van der Waals surface area (Å²) >= 11 is 0. The van der Waals surface area contributed by atoms with Gasteiger partial charge in [0.1, 0.15) is 0 Å². The van der Waals surface area contributed by atoms with Gasteiger partial charge in [-0.25, -0.2) is 0 Å². The summed E-state index contributed by atoms with van der Waals surface area (Å²) in [4.78, 5) is 0. The molecule has 0 saturated carbocycles. The molecule has 0 saturated heterocycles. The molecule has 3 nitrogen and oxygen atoms in total. The monoisotopic (exact) mass is 178 g/mol. The van der Waals surface area contributed by atoms with Gasteiger partial charge in [-0.3, -0.25) is 0 Å². The maximum Gasteiger partial charge on any atom is 0.201 e. The Kier molecular flexibility index (Phi) is 1.65. The zero-order valence-corrected chi connectivity index (χ0v) is 7.50. The van der Waals surface area contributed by atoms with Gasteiger partial charge in [-0.1, -0.05) is 6.08 Å². The lowest BCUT2D eigenvalue weighted by atomic mass is 9.96. The summed E-state index contributed by atoms with van der Waals surface area (Å²) < 4.78 is 10.1. The lowest BCUT2D eigenvalue weighted by Crippen LogP contribution is -1.98. The Labute approximate surface area is 76.2 Å². The predicted molar refractivity (Wildman–Crippen MR) is 50.1 cm³/mol. The molecular formula is C10H10O3. The highest BCUT2D eigenvalue weighted by atomic mass is 16.5. The van der Waals surface area contributed by atoms with E-state index in [1.807, 2.05) is 12.2 Å². The Morgan fingerprint density at radius 1 is 1.15 bits per heavy atom. The average molecular weight is 178 g/mol. The van der Waals surface area contributed by atoms with E-state index < -0.39 is 0 Å². The number of methoxy groups -OCH3 is 2. The van der Waals surface area contributed by atoms with E-state index in [1.165, 1.54) is 14.2 Å². The number of phenolic OH excluding ortho intramolecular Hbond substituents is 1. The zero-order valence-electron chi connectivity index (χ0n) is 7.50. The third kappa shape index (κ3) is 0.967. The molecule has 1 aromatic rings. The summed E-state index contributed by atoms with van der Waals surface area (Å²) in [6.45, 7) is 0. The number of phenols is 1. The first-order valence-electron chi connectivity index (χ1n) is 3.94. The van der Waals surface area contributed by atoms with Gasteiger partial charge in [0.2, 0.25) is 5.75 Å². The Morgan fingerprint density at radius 3 is 2.38 bits per heavy atom. The van der Waals surface area contributed by atoms with Gasteiger partial charge in [0.25, 0.3) is 0 Å². The van der Waals surface area contributed by atoms with Gasteiger partial charge < -0.3 is 14.6 Å². The Balaban J connectivity index is 2.62. The third-order valence-corrected chi connectivity index (χ3v) is 2.14. The van der Waals surface area contributed by atoms with Crippen molar-refractivity contribution in [1.82, 2.24) is 0 Å². The molecule has 0 bridgehead atoms. The van der Waals surface area contributed by atoms with Gasteiger partial charge in [0, 0.05) is 5.56 Å². The van der Waals surface area contributed by atoms with Crippen LogP contribution in [0.4, 0.5) is 0 Å². The largest absolute Gasteiger partial charge is 0.502 e. The van der Waals surface area contributed by atoms with E-state index in [4.69, 9.17) is 9.47 Å². The van der Waals surface area contributed by atoms with Crippen LogP contribution in [0.25, 0.3) is 12.2 Å². The topological polar surface area (TPSA) is 38.7 Å². The van der Waals surface area contributed by atoms with Crippen molar-refractivity contribution in [2.45, 2.75) is 0 Å². The summed E-state index contributed by atoms with van der Waals surface area (Å²) in [6, 6.07) is 1.78. The molecule has 0 radical (unpaired) electrons. The highest BCUT2D eigenvalue weighted by Crippen LogP contribution is 2.45. The molecule has 13 heavy (non-hydrogen) atoms. The van der Waals surface area contributed by atoms with Gasteiger partial charge in [0.15, 0.2) is 11.5 Å². The van der Waals surface area contributed by atoms with E-state index in [-0.39, 0.29) is 5.75 Å². The SMILES string of the molecule is COc1cc2c(c(OC)c1O)C=C2. The van der Waals surface area contributed by atoms with Gasteiger partial charge in [-0.2, -0.15) is 0 Å². The fourth-order valence-corrected chi connectivity index (χ4v) is 1.41. The maximum absolute atomic E-state index is 9.64. The second-order valence-corrected chi connectivity index (χ2v) is 2.80. The molecule has 1 N–H and O–H groups in total. The molecule has 0 unspecified atom stereocenters. The molecule has 3 heteroatoms. The van der Waals surface area contributed by atoms with Crippen LogP contribution in [0, 0.1) is 0 Å². The van der Waals surface area contributed by atoms with Crippen LogP contribution in [0.1, 0.15) is 11.1 Å². The lowest BCUT2D eigenvalue weighted by molar-refractivity contribution is 0.339. The van der Waals surface area contributed by atoms with E-state index in [9.17, 15) is 5.11 Å². The van der Waals surface area contributed by atoms with Crippen molar-refractivity contribution < 1.29 is 14.6 Å². The normalized spacial score (nSPS) is 11.8. The molecule has 1 aromatic carbocycles. The summed E-state index contributed by atoms with van der Waals surface area (Å²) in [6.07, 6.45) is 3.84. The first-order valence-corrected chi connectivity index (χ1v) is 3.94. The maximum atomic E-state index is 9.64. The Hall–Kier alpha value is -1.64. The third-order valence-electron chi connectivity index (χ3n) is 2.14. The second-order valence-electron chi connectivity index (χ2n) is 2.80. The van der Waals surface area contributed by atoms with Crippen LogP contribution >= 0.6 is 0 Å². The first kappa shape index (κ1) is 7.98. The quantitative estimate of drug-likeness (QED) is 0.763. The van der Waals surface area contributed by atoms with E-state index in [0.29, 0.717) is 11.5 Å². The molecule has 2 rings (SSSR count). The van der Waals surface area contributed by atoms with Crippen molar-refractivity contribution >= 4 is 12.2 Å². The van der Waals surface area contributed by atoms with Crippen molar-refractivity contribution in [3.63, 3.8) is 0 Å². The number of hydrogen-bond donors (Lipinski definition) is 1. The van der Waals surface area contributed by atoms with Crippen LogP contribution in [0.5, 0.6) is 17.2 Å². The van der Waals surface area contributed by atoms with Crippen molar-refractivity contribution in [2.24, 2.45) is 0 Å². The van der Waals surface area contributed by atoms with Crippen LogP contribution in [0.2, 0.25) is 0 Å². The van der Waals surface area contributed by atoms with Crippen LogP contribution in [-0.4, -0.2) is 19.3 Å². The number of hydrogen-bond acceptors (Lipinski definition) is 3. The fraction of sp³-hybridized carbons (Fsp3) is 0.200. The summed E-state index contributed by atoms with van der Waals surface area (Å²) in [5.41, 5.74) is 1.97. The molecule has 0 heterocycles. The van der Waals surface area contributed by atoms with E-state index in [2.05, 4.69) is 0 Å². The summed E-state index contributed by atoms with van der Waals surface area (Å²) in [5, 5.41) is 9.64. The van der Waals surface area contributed by atoms with Crippen molar-refractivity contribution in [3.05, 3.63) is 17.2 Å². The molecule has 1 aliphatic rings. The molecular weight excluding hydrogens is 168 g/mol. The van der Waals surface area contributed by atoms with Crippen LogP contribution in [0.3, 0.4) is 0 Å².